The van der Waals surface area contributed by atoms with Crippen LogP contribution in [0.25, 0.3) is 0 Å². The number of benzene rings is 2. The molecule has 0 unspecified atom stereocenters. The second-order valence-electron chi connectivity index (χ2n) is 4.19. The maximum atomic E-state index is 12.2. The van der Waals surface area contributed by atoms with Crippen LogP contribution < -0.4 is 4.74 Å². The molecule has 0 aliphatic heterocycles. The molecule has 20 heavy (non-hydrogen) atoms. The maximum Gasteiger partial charge on any atom is 0.344 e. The van der Waals surface area contributed by atoms with E-state index >= 15 is 0 Å². The third-order valence-corrected chi connectivity index (χ3v) is 2.85. The third kappa shape index (κ3) is 2.85. The molecule has 0 heterocycles. The van der Waals surface area contributed by atoms with Gasteiger partial charge in [-0.05, 0) is 30.7 Å². The van der Waals surface area contributed by atoms with E-state index in [9.17, 15) is 9.59 Å². The number of rotatable bonds is 3. The number of ether oxygens (including phenoxy) is 2. The molecule has 4 heteroatoms. The van der Waals surface area contributed by atoms with Crippen LogP contribution in [0, 0.1) is 6.92 Å². The monoisotopic (exact) mass is 270 g/mol. The number of methoxy groups -OCH3 is 1. The highest BCUT2D eigenvalue weighted by atomic mass is 16.5. The smallest absolute Gasteiger partial charge is 0.344 e. The van der Waals surface area contributed by atoms with Gasteiger partial charge in [0, 0.05) is 0 Å². The van der Waals surface area contributed by atoms with Gasteiger partial charge in [-0.3, -0.25) is 0 Å². The van der Waals surface area contributed by atoms with E-state index in [-0.39, 0.29) is 11.1 Å². The molecule has 0 aliphatic carbocycles. The Hall–Kier alpha value is -2.62. The minimum Gasteiger partial charge on any atom is -0.465 e. The van der Waals surface area contributed by atoms with Gasteiger partial charge in [0.05, 0.1) is 18.2 Å². The van der Waals surface area contributed by atoms with Gasteiger partial charge in [-0.15, -0.1) is 0 Å². The zero-order valence-electron chi connectivity index (χ0n) is 11.3. The van der Waals surface area contributed by atoms with Crippen molar-refractivity contribution in [1.29, 1.82) is 0 Å². The van der Waals surface area contributed by atoms with Gasteiger partial charge in [0.2, 0.25) is 0 Å². The summed E-state index contributed by atoms with van der Waals surface area (Å²) in [6, 6.07) is 13.6. The van der Waals surface area contributed by atoms with E-state index in [4.69, 9.17) is 4.74 Å². The SMILES string of the molecule is COC(=O)c1ccccc1C(=O)Oc1ccccc1C. The molecule has 0 atom stereocenters. The van der Waals surface area contributed by atoms with Gasteiger partial charge < -0.3 is 9.47 Å². The summed E-state index contributed by atoms with van der Waals surface area (Å²) < 4.78 is 9.97. The van der Waals surface area contributed by atoms with Crippen molar-refractivity contribution >= 4 is 11.9 Å². The molecule has 0 radical (unpaired) electrons. The molecule has 102 valence electrons. The molecule has 0 saturated heterocycles. The number of para-hydroxylation sites is 1. The number of hydrogen-bond donors (Lipinski definition) is 0. The Bertz CT molecular complexity index is 646. The number of hydrogen-bond acceptors (Lipinski definition) is 4. The molecule has 0 aliphatic rings. The lowest BCUT2D eigenvalue weighted by Gasteiger charge is -2.09. The van der Waals surface area contributed by atoms with Gasteiger partial charge in [0.1, 0.15) is 5.75 Å². The van der Waals surface area contributed by atoms with Crippen molar-refractivity contribution in [3.63, 3.8) is 0 Å². The van der Waals surface area contributed by atoms with Crippen molar-refractivity contribution in [3.05, 3.63) is 65.2 Å². The zero-order chi connectivity index (χ0) is 14.5. The van der Waals surface area contributed by atoms with E-state index in [1.54, 1.807) is 24.3 Å². The summed E-state index contributed by atoms with van der Waals surface area (Å²) in [4.78, 5) is 23.8. The Kier molecular flexibility index (Phi) is 4.15. The van der Waals surface area contributed by atoms with Crippen molar-refractivity contribution in [2.75, 3.05) is 7.11 Å². The molecule has 0 aromatic heterocycles. The molecule has 0 amide bonds. The van der Waals surface area contributed by atoms with Crippen LogP contribution in [0.1, 0.15) is 26.3 Å². The number of carbonyl (C=O) groups excluding carboxylic acids is 2. The van der Waals surface area contributed by atoms with Crippen LogP contribution in [0.3, 0.4) is 0 Å². The second-order valence-corrected chi connectivity index (χ2v) is 4.19. The minimum absolute atomic E-state index is 0.183. The molecule has 0 spiro atoms. The molecule has 2 aromatic rings. The van der Waals surface area contributed by atoms with Crippen molar-refractivity contribution in [2.24, 2.45) is 0 Å². The van der Waals surface area contributed by atoms with E-state index in [1.165, 1.54) is 19.2 Å². The first-order chi connectivity index (χ1) is 9.63. The van der Waals surface area contributed by atoms with Crippen LogP contribution in [0.4, 0.5) is 0 Å². The first-order valence-electron chi connectivity index (χ1n) is 6.08. The van der Waals surface area contributed by atoms with Crippen LogP contribution in [-0.2, 0) is 4.74 Å². The molecule has 2 aromatic carbocycles. The fourth-order valence-electron chi connectivity index (χ4n) is 1.77. The van der Waals surface area contributed by atoms with Gasteiger partial charge in [-0.2, -0.15) is 0 Å². The van der Waals surface area contributed by atoms with Crippen LogP contribution in [-0.4, -0.2) is 19.0 Å². The normalized spacial score (nSPS) is 9.90. The predicted molar refractivity (Wildman–Crippen MR) is 73.9 cm³/mol. The zero-order valence-corrected chi connectivity index (χ0v) is 11.3. The summed E-state index contributed by atoms with van der Waals surface area (Å²) in [7, 11) is 1.27. The lowest BCUT2D eigenvalue weighted by molar-refractivity contribution is 0.0587. The lowest BCUT2D eigenvalue weighted by Crippen LogP contribution is -2.15. The molecular weight excluding hydrogens is 256 g/mol. The summed E-state index contributed by atoms with van der Waals surface area (Å²) in [5.41, 5.74) is 1.22. The van der Waals surface area contributed by atoms with Gasteiger partial charge in [0.25, 0.3) is 0 Å². The first-order valence-corrected chi connectivity index (χ1v) is 6.08. The van der Waals surface area contributed by atoms with Gasteiger partial charge in [-0.1, -0.05) is 30.3 Å². The van der Waals surface area contributed by atoms with E-state index in [0.717, 1.165) is 5.56 Å². The number of carbonyl (C=O) groups is 2. The summed E-state index contributed by atoms with van der Waals surface area (Å²) in [6.45, 7) is 1.84. The third-order valence-electron chi connectivity index (χ3n) is 2.85. The van der Waals surface area contributed by atoms with E-state index in [2.05, 4.69) is 4.74 Å². The highest BCUT2D eigenvalue weighted by Gasteiger charge is 2.19. The Balaban J connectivity index is 2.31. The minimum atomic E-state index is -0.583. The van der Waals surface area contributed by atoms with Crippen molar-refractivity contribution in [2.45, 2.75) is 6.92 Å². The van der Waals surface area contributed by atoms with Gasteiger partial charge in [-0.25, -0.2) is 9.59 Å². The summed E-state index contributed by atoms with van der Waals surface area (Å²) in [6.07, 6.45) is 0. The molecule has 0 fully saturated rings. The molecule has 0 N–H and O–H groups in total. The van der Waals surface area contributed by atoms with Crippen LogP contribution in [0.5, 0.6) is 5.75 Å². The Labute approximate surface area is 116 Å². The molecule has 0 saturated carbocycles. The molecule has 4 nitrogen and oxygen atoms in total. The van der Waals surface area contributed by atoms with Crippen LogP contribution in [0.2, 0.25) is 0 Å². The quantitative estimate of drug-likeness (QED) is 0.635. The molecular formula is C16H14O4. The lowest BCUT2D eigenvalue weighted by atomic mass is 10.1. The maximum absolute atomic E-state index is 12.2. The Morgan fingerprint density at radius 1 is 0.850 bits per heavy atom. The van der Waals surface area contributed by atoms with Crippen molar-refractivity contribution in [3.8, 4) is 5.75 Å². The summed E-state index contributed by atoms with van der Waals surface area (Å²) >= 11 is 0. The van der Waals surface area contributed by atoms with E-state index in [1.807, 2.05) is 19.1 Å². The fourth-order valence-corrected chi connectivity index (χ4v) is 1.77. The molecule has 0 bridgehead atoms. The van der Waals surface area contributed by atoms with Gasteiger partial charge in [0.15, 0.2) is 0 Å². The Morgan fingerprint density at radius 2 is 1.40 bits per heavy atom. The Morgan fingerprint density at radius 3 is 2.00 bits per heavy atom. The number of aryl methyl sites for hydroxylation is 1. The van der Waals surface area contributed by atoms with E-state index < -0.39 is 11.9 Å². The van der Waals surface area contributed by atoms with E-state index in [0.29, 0.717) is 5.75 Å². The number of esters is 2. The van der Waals surface area contributed by atoms with Crippen LogP contribution in [0.15, 0.2) is 48.5 Å². The van der Waals surface area contributed by atoms with Crippen LogP contribution >= 0.6 is 0 Å². The first kappa shape index (κ1) is 13.8. The highest BCUT2D eigenvalue weighted by Crippen LogP contribution is 2.19. The largest absolute Gasteiger partial charge is 0.465 e. The summed E-state index contributed by atoms with van der Waals surface area (Å²) in [5, 5.41) is 0. The van der Waals surface area contributed by atoms with Crippen molar-refractivity contribution in [1.82, 2.24) is 0 Å². The predicted octanol–water partition coefficient (Wildman–Crippen LogP) is 3.00. The fraction of sp³-hybridized carbons (Fsp3) is 0.125. The van der Waals surface area contributed by atoms with Gasteiger partial charge >= 0.3 is 11.9 Å². The van der Waals surface area contributed by atoms with Crippen molar-refractivity contribution < 1.29 is 19.1 Å². The second kappa shape index (κ2) is 6.02. The standard InChI is InChI=1S/C16H14O4/c1-11-7-3-6-10-14(11)20-16(18)13-9-5-4-8-12(13)15(17)19-2/h3-10H,1-2H3. The summed E-state index contributed by atoms with van der Waals surface area (Å²) in [5.74, 6) is -0.681. The molecule has 2 rings (SSSR count). The highest BCUT2D eigenvalue weighted by molar-refractivity contribution is 6.03. The average Bonchev–Trinajstić information content (AvgIpc) is 2.48. The topological polar surface area (TPSA) is 52.6 Å². The average molecular weight is 270 g/mol.